The molecule has 6 aliphatic heterocycles. The van der Waals surface area contributed by atoms with Crippen molar-refractivity contribution in [3.05, 3.63) is 59.7 Å². The van der Waals surface area contributed by atoms with Gasteiger partial charge in [-0.3, -0.25) is 24.1 Å². The Hall–Kier alpha value is -7.05. The van der Waals surface area contributed by atoms with E-state index in [1.54, 1.807) is 42.5 Å². The number of fused-ring (bicyclic) bond motifs is 4. The second-order valence-electron chi connectivity index (χ2n) is 19.8. The van der Waals surface area contributed by atoms with Crippen molar-refractivity contribution in [2.45, 2.75) is 132 Å². The van der Waals surface area contributed by atoms with Crippen LogP contribution in [0.3, 0.4) is 0 Å². The van der Waals surface area contributed by atoms with Gasteiger partial charge in [0.05, 0.1) is 31.8 Å². The van der Waals surface area contributed by atoms with Crippen LogP contribution in [0.25, 0.3) is 0 Å². The predicted molar refractivity (Wildman–Crippen MR) is 259 cm³/mol. The molecule has 25 heteroatoms. The zero-order valence-electron chi connectivity index (χ0n) is 42.1. The van der Waals surface area contributed by atoms with Gasteiger partial charge in [-0.15, -0.1) is 0 Å². The molecule has 22 nitrogen and oxygen atoms in total. The molecule has 2 aromatic rings. The van der Waals surface area contributed by atoms with E-state index in [1.807, 2.05) is 48.5 Å². The van der Waals surface area contributed by atoms with E-state index in [2.05, 4.69) is 21.3 Å². The molecule has 74 heavy (non-hydrogen) atoms. The Morgan fingerprint density at radius 3 is 1.47 bits per heavy atom. The second-order valence-corrected chi connectivity index (χ2v) is 19.8. The van der Waals surface area contributed by atoms with E-state index in [0.29, 0.717) is 71.2 Å². The lowest BCUT2D eigenvalue weighted by Crippen LogP contribution is -2.65. The van der Waals surface area contributed by atoms with Crippen LogP contribution in [0, 0.1) is 0 Å². The van der Waals surface area contributed by atoms with Crippen LogP contribution >= 0.6 is 0 Å². The summed E-state index contributed by atoms with van der Waals surface area (Å²) in [5.74, 6) is -2.34. The number of ether oxygens (including phenoxy) is 2. The molecular formula is C49H67F3N10O12. The predicted octanol–water partition coefficient (Wildman–Crippen LogP) is 3.17. The molecule has 0 aromatic heterocycles. The number of benzene rings is 2. The summed E-state index contributed by atoms with van der Waals surface area (Å²) in [6.45, 7) is 7.07. The molecule has 0 radical (unpaired) electrons. The third kappa shape index (κ3) is 13.0. The van der Waals surface area contributed by atoms with Crippen molar-refractivity contribution in [3.8, 4) is 11.5 Å². The molecule has 0 unspecified atom stereocenters. The van der Waals surface area contributed by atoms with Gasteiger partial charge < -0.3 is 66.3 Å². The molecule has 6 aliphatic rings. The topological polar surface area (TPSA) is 286 Å². The zero-order valence-corrected chi connectivity index (χ0v) is 42.1. The van der Waals surface area contributed by atoms with E-state index >= 15 is 0 Å². The lowest BCUT2D eigenvalue weighted by molar-refractivity contribution is -0.192. The fraction of sp³-hybridized carbons (Fsp3) is 0.592. The summed E-state index contributed by atoms with van der Waals surface area (Å²) in [5, 5.41) is 28.6. The highest BCUT2D eigenvalue weighted by atomic mass is 19.4. The standard InChI is InChI=1S/C26H37N5O6.C21H29N5O4.C2HF3O2/c1-26(2,3)31(25(35)36)20-15-29(24(34)27-4)13-11-16-9-10-19(30(16)23(20)33)22(32)28-18-12-14-37-21-8-6-5-7-17(18)21;1-23-21(29)25-10-8-13-6-7-17(26(13)20(28)15(22)12-25)19(27)24-16-9-11-30-18-5-3-2-4-14(16)18;3-2(4,5)1(6)7/h5-8,16,18-20H,9-15H2,1-4H3,(H,27,34)(H,28,32)(H,35,36);2-5,13,15-17H,6-12,22H2,1H3,(H,23,29)(H,24,27);(H,6,7)/t16-,18-,19+,20+;13-,15+,16-,17+;/m11./s1. The molecule has 9 amide bonds. The van der Waals surface area contributed by atoms with Gasteiger partial charge in [-0.25, -0.2) is 19.2 Å². The van der Waals surface area contributed by atoms with Gasteiger partial charge in [0.25, 0.3) is 0 Å². The molecule has 4 saturated heterocycles. The normalized spacial score (nSPS) is 25.5. The quantitative estimate of drug-likeness (QED) is 0.227. The second kappa shape index (κ2) is 23.9. The monoisotopic (exact) mass is 1040 g/mol. The number of nitrogens with zero attached hydrogens (tertiary/aromatic N) is 5. The van der Waals surface area contributed by atoms with Crippen molar-refractivity contribution in [1.82, 2.24) is 45.8 Å². The Labute approximate surface area is 426 Å². The van der Waals surface area contributed by atoms with Gasteiger partial charge in [-0.2, -0.15) is 13.2 Å². The Balaban J connectivity index is 0.000000217. The molecule has 406 valence electrons. The third-order valence-electron chi connectivity index (χ3n) is 14.0. The number of urea groups is 2. The molecule has 4 fully saturated rings. The van der Waals surface area contributed by atoms with Crippen LogP contribution in [-0.4, -0.2) is 184 Å². The Morgan fingerprint density at radius 1 is 0.649 bits per heavy atom. The maximum atomic E-state index is 14.1. The van der Waals surface area contributed by atoms with E-state index in [9.17, 15) is 51.8 Å². The smallest absolute Gasteiger partial charge is 0.490 e. The van der Waals surface area contributed by atoms with Gasteiger partial charge in [0.1, 0.15) is 35.7 Å². The number of amides is 9. The van der Waals surface area contributed by atoms with Crippen LogP contribution in [0.15, 0.2) is 48.5 Å². The van der Waals surface area contributed by atoms with Gasteiger partial charge in [-0.1, -0.05) is 36.4 Å². The van der Waals surface area contributed by atoms with Crippen molar-refractivity contribution in [2.75, 3.05) is 53.5 Å². The summed E-state index contributed by atoms with van der Waals surface area (Å²) in [5.41, 5.74) is 7.10. The minimum absolute atomic E-state index is 0.0891. The number of para-hydroxylation sites is 2. The number of rotatable bonds is 5. The Kier molecular flexibility index (Phi) is 18.1. The molecular weight excluding hydrogens is 978 g/mol. The minimum atomic E-state index is -5.08. The first kappa shape index (κ1) is 56.2. The number of nitrogens with one attached hydrogen (secondary N) is 4. The molecule has 2 aromatic carbocycles. The fourth-order valence-electron chi connectivity index (χ4n) is 10.6. The minimum Gasteiger partial charge on any atom is -0.493 e. The van der Waals surface area contributed by atoms with Gasteiger partial charge in [0.15, 0.2) is 0 Å². The van der Waals surface area contributed by atoms with E-state index in [0.717, 1.165) is 33.9 Å². The number of nitrogens with two attached hydrogens (primary N) is 1. The molecule has 8 atom stereocenters. The van der Waals surface area contributed by atoms with Crippen LogP contribution in [0.2, 0.25) is 0 Å². The van der Waals surface area contributed by atoms with Crippen LogP contribution < -0.4 is 36.5 Å². The maximum absolute atomic E-state index is 14.1. The Morgan fingerprint density at radius 2 is 1.07 bits per heavy atom. The third-order valence-corrected chi connectivity index (χ3v) is 14.0. The van der Waals surface area contributed by atoms with E-state index in [4.69, 9.17) is 25.1 Å². The number of carbonyl (C=O) groups excluding carboxylic acids is 6. The number of hydrogen-bond acceptors (Lipinski definition) is 11. The van der Waals surface area contributed by atoms with Crippen LogP contribution in [0.4, 0.5) is 27.6 Å². The van der Waals surface area contributed by atoms with Crippen LogP contribution in [-0.2, 0) is 24.0 Å². The first-order chi connectivity index (χ1) is 35.0. The number of halogens is 3. The average molecular weight is 1050 g/mol. The van der Waals surface area contributed by atoms with Gasteiger partial charge in [0.2, 0.25) is 23.6 Å². The first-order valence-corrected chi connectivity index (χ1v) is 24.7. The van der Waals surface area contributed by atoms with Crippen molar-refractivity contribution < 1.29 is 71.2 Å². The number of carboxylic acid groups (broad SMARTS) is 2. The van der Waals surface area contributed by atoms with Crippen molar-refractivity contribution >= 4 is 47.8 Å². The lowest BCUT2D eigenvalue weighted by Gasteiger charge is -2.45. The molecule has 0 bridgehead atoms. The Bertz CT molecular complexity index is 2410. The van der Waals surface area contributed by atoms with Gasteiger partial charge in [-0.05, 0) is 71.4 Å². The SMILES string of the molecule is CNC(=O)N1CC[C@H]2CC[C@@H](C(=O)N[C@@H]3CCOc4ccccc43)N2C(=O)[C@@H](N(C(=O)O)C(C)(C)C)C1.CNC(=O)N1CC[C@H]2CC[C@@H](C(=O)N[C@@H]3CCOc4ccccc43)N2C(=O)[C@@H](N)C1.O=C(O)C(F)(F)F. The number of carboxylic acids is 1. The van der Waals surface area contributed by atoms with Crippen LogP contribution in [0.5, 0.6) is 11.5 Å². The summed E-state index contributed by atoms with van der Waals surface area (Å²) in [6.07, 6.45) is -1.48. The fourth-order valence-corrected chi connectivity index (χ4v) is 10.6. The average Bonchev–Trinajstić information content (AvgIpc) is 3.98. The molecule has 0 aliphatic carbocycles. The van der Waals surface area contributed by atoms with Crippen LogP contribution in [0.1, 0.15) is 95.3 Å². The van der Waals surface area contributed by atoms with E-state index < -0.39 is 53.9 Å². The molecule has 0 spiro atoms. The highest BCUT2D eigenvalue weighted by molar-refractivity contribution is 5.93. The summed E-state index contributed by atoms with van der Waals surface area (Å²) in [6, 6.07) is 10.7. The molecule has 6 heterocycles. The molecule has 8 rings (SSSR count). The summed E-state index contributed by atoms with van der Waals surface area (Å²) >= 11 is 0. The largest absolute Gasteiger partial charge is 0.493 e. The van der Waals surface area contributed by atoms with Gasteiger partial charge >= 0.3 is 30.3 Å². The first-order valence-electron chi connectivity index (χ1n) is 24.7. The highest BCUT2D eigenvalue weighted by Crippen LogP contribution is 2.37. The lowest BCUT2D eigenvalue weighted by atomic mass is 9.99. The van der Waals surface area contributed by atoms with Crippen molar-refractivity contribution in [2.24, 2.45) is 5.73 Å². The van der Waals surface area contributed by atoms with E-state index in [1.165, 1.54) is 11.9 Å². The van der Waals surface area contributed by atoms with Crippen molar-refractivity contribution in [3.63, 3.8) is 0 Å². The number of hydrogen-bond donors (Lipinski definition) is 7. The summed E-state index contributed by atoms with van der Waals surface area (Å²) in [7, 11) is 3.07. The number of alkyl halides is 3. The van der Waals surface area contributed by atoms with E-state index in [-0.39, 0.29) is 67.0 Å². The van der Waals surface area contributed by atoms with Gasteiger partial charge in [0, 0.05) is 75.3 Å². The van der Waals surface area contributed by atoms with Crippen molar-refractivity contribution in [1.29, 1.82) is 0 Å². The number of aliphatic carboxylic acids is 1. The molecule has 8 N–H and O–H groups in total. The summed E-state index contributed by atoms with van der Waals surface area (Å²) < 4.78 is 43.1. The maximum Gasteiger partial charge on any atom is 0.490 e. The molecule has 0 saturated carbocycles. The number of carbonyl (C=O) groups is 8. The summed E-state index contributed by atoms with van der Waals surface area (Å²) in [4.78, 5) is 107. The zero-order chi connectivity index (χ0) is 54.2. The highest BCUT2D eigenvalue weighted by Gasteiger charge is 2.50.